The summed E-state index contributed by atoms with van der Waals surface area (Å²) in [5, 5.41) is 0. The summed E-state index contributed by atoms with van der Waals surface area (Å²) >= 11 is 0. The second-order valence-corrected chi connectivity index (χ2v) is 3.71. The first-order valence-electron chi connectivity index (χ1n) is 5.11. The van der Waals surface area contributed by atoms with Gasteiger partial charge < -0.3 is 9.47 Å². The third-order valence-electron chi connectivity index (χ3n) is 2.28. The van der Waals surface area contributed by atoms with Crippen molar-refractivity contribution in [1.29, 1.82) is 0 Å². The Hall–Kier alpha value is -0.150. The maximum absolute atomic E-state index is 13.3. The van der Waals surface area contributed by atoms with Gasteiger partial charge in [-0.25, -0.2) is 4.39 Å². The van der Waals surface area contributed by atoms with Crippen LogP contribution in [0.1, 0.15) is 32.6 Å². The number of hydrogen-bond acceptors (Lipinski definition) is 2. The number of unbranched alkanes of at least 4 members (excludes halogenated alkanes) is 1. The molecule has 0 bridgehead atoms. The molecule has 3 heteroatoms. The van der Waals surface area contributed by atoms with E-state index in [1.165, 1.54) is 0 Å². The largest absolute Gasteiger partial charge is 0.381 e. The zero-order valence-electron chi connectivity index (χ0n) is 8.35. The Morgan fingerprint density at radius 3 is 2.54 bits per heavy atom. The Balaban J connectivity index is 1.83. The first-order chi connectivity index (χ1) is 6.27. The predicted molar refractivity (Wildman–Crippen MR) is 49.6 cm³/mol. The van der Waals surface area contributed by atoms with Gasteiger partial charge in [-0.2, -0.15) is 0 Å². The molecular weight excluding hydrogens is 171 g/mol. The molecule has 0 N–H and O–H groups in total. The molecule has 1 rings (SSSR count). The molecule has 13 heavy (non-hydrogen) atoms. The van der Waals surface area contributed by atoms with E-state index in [1.807, 2.05) is 0 Å². The van der Waals surface area contributed by atoms with E-state index in [1.54, 1.807) is 0 Å². The summed E-state index contributed by atoms with van der Waals surface area (Å²) in [5.41, 5.74) is -1.03. The Morgan fingerprint density at radius 2 is 2.00 bits per heavy atom. The first-order valence-corrected chi connectivity index (χ1v) is 5.11. The Kier molecular flexibility index (Phi) is 4.67. The maximum Gasteiger partial charge on any atom is 0.157 e. The fourth-order valence-corrected chi connectivity index (χ4v) is 1.31. The minimum Gasteiger partial charge on any atom is -0.381 e. The molecule has 0 unspecified atom stereocenters. The van der Waals surface area contributed by atoms with Gasteiger partial charge in [0.25, 0.3) is 0 Å². The third kappa shape index (κ3) is 4.05. The first kappa shape index (κ1) is 10.9. The van der Waals surface area contributed by atoms with Gasteiger partial charge in [0.2, 0.25) is 0 Å². The van der Waals surface area contributed by atoms with E-state index in [-0.39, 0.29) is 13.2 Å². The van der Waals surface area contributed by atoms with Crippen molar-refractivity contribution in [2.45, 2.75) is 38.3 Å². The van der Waals surface area contributed by atoms with Crippen LogP contribution in [-0.2, 0) is 9.47 Å². The SMILES string of the molecule is CCCCOCCCC1(F)COC1. The third-order valence-corrected chi connectivity index (χ3v) is 2.28. The summed E-state index contributed by atoms with van der Waals surface area (Å²) in [6.07, 6.45) is 3.65. The molecule has 0 amide bonds. The van der Waals surface area contributed by atoms with E-state index in [9.17, 15) is 4.39 Å². The molecule has 1 aliphatic heterocycles. The molecule has 0 aromatic heterocycles. The summed E-state index contributed by atoms with van der Waals surface area (Å²) in [4.78, 5) is 0. The lowest BCUT2D eigenvalue weighted by molar-refractivity contribution is -0.135. The molecule has 1 saturated heterocycles. The van der Waals surface area contributed by atoms with E-state index in [4.69, 9.17) is 9.47 Å². The smallest absolute Gasteiger partial charge is 0.157 e. The van der Waals surface area contributed by atoms with Crippen LogP contribution in [0.3, 0.4) is 0 Å². The molecule has 0 spiro atoms. The lowest BCUT2D eigenvalue weighted by Gasteiger charge is -2.33. The van der Waals surface area contributed by atoms with E-state index in [0.717, 1.165) is 25.9 Å². The van der Waals surface area contributed by atoms with Gasteiger partial charge in [0, 0.05) is 13.2 Å². The van der Waals surface area contributed by atoms with Crippen LogP contribution in [0.4, 0.5) is 4.39 Å². The summed E-state index contributed by atoms with van der Waals surface area (Å²) in [5.74, 6) is 0. The van der Waals surface area contributed by atoms with E-state index >= 15 is 0 Å². The molecule has 1 aliphatic rings. The second kappa shape index (κ2) is 5.55. The van der Waals surface area contributed by atoms with Crippen molar-refractivity contribution in [2.24, 2.45) is 0 Å². The number of alkyl halides is 1. The van der Waals surface area contributed by atoms with Gasteiger partial charge >= 0.3 is 0 Å². The van der Waals surface area contributed by atoms with Gasteiger partial charge in [0.05, 0.1) is 13.2 Å². The van der Waals surface area contributed by atoms with Crippen molar-refractivity contribution in [3.05, 3.63) is 0 Å². The molecule has 0 aromatic rings. The van der Waals surface area contributed by atoms with Crippen LogP contribution in [0.25, 0.3) is 0 Å². The van der Waals surface area contributed by atoms with Crippen LogP contribution >= 0.6 is 0 Å². The molecule has 0 radical (unpaired) electrons. The van der Waals surface area contributed by atoms with Crippen LogP contribution < -0.4 is 0 Å². The van der Waals surface area contributed by atoms with E-state index in [0.29, 0.717) is 13.0 Å². The van der Waals surface area contributed by atoms with Crippen LogP contribution in [-0.4, -0.2) is 32.1 Å². The zero-order chi connectivity index (χ0) is 9.57. The molecule has 0 aromatic carbocycles. The van der Waals surface area contributed by atoms with Gasteiger partial charge in [0.15, 0.2) is 5.67 Å². The lowest BCUT2D eigenvalue weighted by atomic mass is 9.98. The number of hydrogen-bond donors (Lipinski definition) is 0. The number of ether oxygens (including phenoxy) is 2. The average Bonchev–Trinajstić information content (AvgIpc) is 2.08. The van der Waals surface area contributed by atoms with Crippen molar-refractivity contribution >= 4 is 0 Å². The van der Waals surface area contributed by atoms with Gasteiger partial charge in [-0.05, 0) is 19.3 Å². The molecule has 0 aliphatic carbocycles. The van der Waals surface area contributed by atoms with Crippen LogP contribution in [0.5, 0.6) is 0 Å². The highest BCUT2D eigenvalue weighted by Gasteiger charge is 2.37. The number of rotatable bonds is 7. The molecule has 0 atom stereocenters. The standard InChI is InChI=1S/C10H19FO2/c1-2-3-6-12-7-4-5-10(11)8-13-9-10/h2-9H2,1H3. The topological polar surface area (TPSA) is 18.5 Å². The predicted octanol–water partition coefficient (Wildman–Crippen LogP) is 2.32. The summed E-state index contributed by atoms with van der Waals surface area (Å²) in [6.45, 7) is 4.19. The van der Waals surface area contributed by atoms with Gasteiger partial charge in [-0.3, -0.25) is 0 Å². The van der Waals surface area contributed by atoms with Gasteiger partial charge in [0.1, 0.15) is 0 Å². The minimum atomic E-state index is -1.03. The highest BCUT2D eigenvalue weighted by Crippen LogP contribution is 2.26. The summed E-state index contributed by atoms with van der Waals surface area (Å²) in [6, 6.07) is 0. The Bertz CT molecular complexity index is 135. The zero-order valence-corrected chi connectivity index (χ0v) is 8.35. The number of halogens is 1. The van der Waals surface area contributed by atoms with Crippen LogP contribution in [0.15, 0.2) is 0 Å². The second-order valence-electron chi connectivity index (χ2n) is 3.71. The fourth-order valence-electron chi connectivity index (χ4n) is 1.31. The monoisotopic (exact) mass is 190 g/mol. The van der Waals surface area contributed by atoms with Crippen molar-refractivity contribution in [3.8, 4) is 0 Å². The Labute approximate surface area is 79.4 Å². The average molecular weight is 190 g/mol. The molecule has 1 heterocycles. The van der Waals surface area contributed by atoms with Gasteiger partial charge in [-0.15, -0.1) is 0 Å². The van der Waals surface area contributed by atoms with E-state index in [2.05, 4.69) is 6.92 Å². The fraction of sp³-hybridized carbons (Fsp3) is 1.00. The highest BCUT2D eigenvalue weighted by atomic mass is 19.1. The van der Waals surface area contributed by atoms with Crippen molar-refractivity contribution < 1.29 is 13.9 Å². The van der Waals surface area contributed by atoms with Crippen molar-refractivity contribution in [1.82, 2.24) is 0 Å². The molecule has 1 fully saturated rings. The minimum absolute atomic E-state index is 0.280. The summed E-state index contributed by atoms with van der Waals surface area (Å²) in [7, 11) is 0. The normalized spacial score (nSPS) is 19.8. The molecule has 78 valence electrons. The molecular formula is C10H19FO2. The maximum atomic E-state index is 13.3. The van der Waals surface area contributed by atoms with Crippen molar-refractivity contribution in [3.63, 3.8) is 0 Å². The van der Waals surface area contributed by atoms with Gasteiger partial charge in [-0.1, -0.05) is 13.3 Å². The van der Waals surface area contributed by atoms with E-state index < -0.39 is 5.67 Å². The lowest BCUT2D eigenvalue weighted by Crippen LogP contribution is -2.45. The Morgan fingerprint density at radius 1 is 1.31 bits per heavy atom. The van der Waals surface area contributed by atoms with Crippen LogP contribution in [0, 0.1) is 0 Å². The highest BCUT2D eigenvalue weighted by molar-refractivity contribution is 4.85. The molecule has 2 nitrogen and oxygen atoms in total. The van der Waals surface area contributed by atoms with Crippen LogP contribution in [0.2, 0.25) is 0 Å². The quantitative estimate of drug-likeness (QED) is 0.574. The van der Waals surface area contributed by atoms with Crippen molar-refractivity contribution in [2.75, 3.05) is 26.4 Å². The summed E-state index contributed by atoms with van der Waals surface area (Å²) < 4.78 is 23.4. The molecule has 0 saturated carbocycles.